The number of para-hydroxylation sites is 1. The molecule has 2 aromatic rings. The van der Waals surface area contributed by atoms with Crippen molar-refractivity contribution in [1.29, 1.82) is 0 Å². The fourth-order valence-corrected chi connectivity index (χ4v) is 2.93. The molecule has 0 aliphatic rings. The van der Waals surface area contributed by atoms with E-state index in [4.69, 9.17) is 23.8 Å². The van der Waals surface area contributed by atoms with Crippen molar-refractivity contribution in [1.82, 2.24) is 5.32 Å². The van der Waals surface area contributed by atoms with E-state index >= 15 is 0 Å². The van der Waals surface area contributed by atoms with Gasteiger partial charge in [-0.3, -0.25) is 0 Å². The number of hydrogen-bond acceptors (Lipinski definition) is 1. The molecule has 0 heterocycles. The van der Waals surface area contributed by atoms with Gasteiger partial charge in [0, 0.05) is 0 Å². The number of hydrogen-bond donors (Lipinski definition) is 2. The van der Waals surface area contributed by atoms with Crippen LogP contribution in [-0.4, -0.2) is 5.11 Å². The summed E-state index contributed by atoms with van der Waals surface area (Å²) in [4.78, 5) is 0. The van der Waals surface area contributed by atoms with Crippen LogP contribution in [0.2, 0.25) is 5.02 Å². The van der Waals surface area contributed by atoms with Gasteiger partial charge in [-0.1, -0.05) is 54.4 Å². The van der Waals surface area contributed by atoms with Gasteiger partial charge in [0.2, 0.25) is 0 Å². The van der Waals surface area contributed by atoms with Crippen LogP contribution >= 0.6 is 23.8 Å². The number of rotatable bonds is 4. The number of aryl methyl sites for hydroxylation is 2. The largest absolute Gasteiger partial charge is 0.356 e. The minimum Gasteiger partial charge on any atom is -0.356 e. The molecule has 0 amide bonds. The summed E-state index contributed by atoms with van der Waals surface area (Å²) < 4.78 is 0. The van der Waals surface area contributed by atoms with E-state index in [1.165, 1.54) is 16.7 Å². The lowest BCUT2D eigenvalue weighted by Gasteiger charge is -2.22. The molecule has 2 rings (SSSR count). The molecule has 0 radical (unpaired) electrons. The normalized spacial score (nSPS) is 11.8. The molecule has 0 aliphatic heterocycles. The van der Waals surface area contributed by atoms with E-state index in [0.717, 1.165) is 12.1 Å². The van der Waals surface area contributed by atoms with Crippen molar-refractivity contribution in [3.05, 3.63) is 64.2 Å². The molecule has 116 valence electrons. The highest BCUT2D eigenvalue weighted by atomic mass is 35.5. The Morgan fingerprint density at radius 3 is 2.55 bits per heavy atom. The summed E-state index contributed by atoms with van der Waals surface area (Å²) in [5, 5.41) is 7.79. The van der Waals surface area contributed by atoms with Gasteiger partial charge in [-0.15, -0.1) is 0 Å². The van der Waals surface area contributed by atoms with Crippen molar-refractivity contribution < 1.29 is 0 Å². The van der Waals surface area contributed by atoms with E-state index in [2.05, 4.69) is 49.6 Å². The third-order valence-corrected chi connectivity index (χ3v) is 4.19. The van der Waals surface area contributed by atoms with Crippen molar-refractivity contribution in [3.63, 3.8) is 0 Å². The molecule has 0 saturated heterocycles. The molecular weight excluding hydrogens is 312 g/mol. The molecule has 0 spiro atoms. The molecule has 1 atom stereocenters. The Kier molecular flexibility index (Phi) is 5.81. The van der Waals surface area contributed by atoms with Crippen LogP contribution in [0.4, 0.5) is 5.69 Å². The Hall–Kier alpha value is -1.58. The van der Waals surface area contributed by atoms with Crippen molar-refractivity contribution in [3.8, 4) is 0 Å². The summed E-state index contributed by atoms with van der Waals surface area (Å²) in [5.74, 6) is 0. The molecule has 2 N–H and O–H groups in total. The van der Waals surface area contributed by atoms with Gasteiger partial charge < -0.3 is 10.6 Å². The topological polar surface area (TPSA) is 24.1 Å². The summed E-state index contributed by atoms with van der Waals surface area (Å²) in [5.41, 5.74) is 4.64. The first kappa shape index (κ1) is 16.8. The maximum Gasteiger partial charge on any atom is 0.171 e. The SMILES string of the molecule is CC[C@@H](NC(=S)Nc1ccccc1Cl)c1ccc(C)cc1C. The van der Waals surface area contributed by atoms with Crippen LogP contribution in [0.25, 0.3) is 0 Å². The highest BCUT2D eigenvalue weighted by Gasteiger charge is 2.13. The molecule has 22 heavy (non-hydrogen) atoms. The van der Waals surface area contributed by atoms with Crippen LogP contribution in [0.3, 0.4) is 0 Å². The number of thiocarbonyl (C=S) groups is 1. The van der Waals surface area contributed by atoms with Gasteiger partial charge in [-0.05, 0) is 55.7 Å². The van der Waals surface area contributed by atoms with Gasteiger partial charge in [0.05, 0.1) is 16.8 Å². The standard InChI is InChI=1S/C18H21ClN2S/c1-4-16(14-10-9-12(2)11-13(14)3)20-18(22)21-17-8-6-5-7-15(17)19/h5-11,16H,4H2,1-3H3,(H2,20,21,22)/t16-/m1/s1. The minimum atomic E-state index is 0.183. The van der Waals surface area contributed by atoms with Crippen molar-refractivity contribution >= 4 is 34.6 Å². The fraction of sp³-hybridized carbons (Fsp3) is 0.278. The predicted molar refractivity (Wildman–Crippen MR) is 99.8 cm³/mol. The molecule has 2 nitrogen and oxygen atoms in total. The molecule has 0 bridgehead atoms. The zero-order valence-corrected chi connectivity index (χ0v) is 14.7. The predicted octanol–water partition coefficient (Wildman–Crippen LogP) is 5.39. The van der Waals surface area contributed by atoms with Crippen molar-refractivity contribution in [2.24, 2.45) is 0 Å². The second-order valence-electron chi connectivity index (χ2n) is 5.40. The van der Waals surface area contributed by atoms with E-state index in [0.29, 0.717) is 10.1 Å². The van der Waals surface area contributed by atoms with Gasteiger partial charge >= 0.3 is 0 Å². The van der Waals surface area contributed by atoms with Crippen LogP contribution in [0.1, 0.15) is 36.1 Å². The monoisotopic (exact) mass is 332 g/mol. The Morgan fingerprint density at radius 1 is 1.18 bits per heavy atom. The Balaban J connectivity index is 2.10. The van der Waals surface area contributed by atoms with Crippen LogP contribution in [0, 0.1) is 13.8 Å². The summed E-state index contributed by atoms with van der Waals surface area (Å²) in [7, 11) is 0. The molecule has 0 fully saturated rings. The average molecular weight is 333 g/mol. The number of nitrogens with one attached hydrogen (secondary N) is 2. The zero-order chi connectivity index (χ0) is 16.1. The summed E-state index contributed by atoms with van der Waals surface area (Å²) in [6, 6.07) is 14.3. The Bertz CT molecular complexity index is 670. The average Bonchev–Trinajstić information content (AvgIpc) is 2.48. The van der Waals surface area contributed by atoms with Crippen LogP contribution in [-0.2, 0) is 0 Å². The third kappa shape index (κ3) is 4.21. The lowest BCUT2D eigenvalue weighted by atomic mass is 9.98. The second kappa shape index (κ2) is 7.61. The van der Waals surface area contributed by atoms with Crippen molar-refractivity contribution in [2.75, 3.05) is 5.32 Å². The van der Waals surface area contributed by atoms with E-state index < -0.39 is 0 Å². The lowest BCUT2D eigenvalue weighted by molar-refractivity contribution is 0.625. The first-order chi connectivity index (χ1) is 10.5. The summed E-state index contributed by atoms with van der Waals surface area (Å²) in [6.45, 7) is 6.39. The number of benzene rings is 2. The van der Waals surface area contributed by atoms with E-state index in [-0.39, 0.29) is 6.04 Å². The lowest BCUT2D eigenvalue weighted by Crippen LogP contribution is -2.32. The first-order valence-corrected chi connectivity index (χ1v) is 8.19. The maximum atomic E-state index is 6.15. The van der Waals surface area contributed by atoms with Crippen LogP contribution < -0.4 is 10.6 Å². The maximum absolute atomic E-state index is 6.15. The third-order valence-electron chi connectivity index (χ3n) is 3.64. The van der Waals surface area contributed by atoms with Gasteiger partial charge in [0.1, 0.15) is 0 Å². The van der Waals surface area contributed by atoms with Crippen LogP contribution in [0.5, 0.6) is 0 Å². The quantitative estimate of drug-likeness (QED) is 0.733. The van der Waals surface area contributed by atoms with Crippen molar-refractivity contribution in [2.45, 2.75) is 33.2 Å². The smallest absolute Gasteiger partial charge is 0.171 e. The molecular formula is C18H21ClN2S. The van der Waals surface area contributed by atoms with E-state index in [9.17, 15) is 0 Å². The second-order valence-corrected chi connectivity index (χ2v) is 6.21. The van der Waals surface area contributed by atoms with E-state index in [1.807, 2.05) is 24.3 Å². The molecule has 2 aromatic carbocycles. The van der Waals surface area contributed by atoms with Gasteiger partial charge in [0.15, 0.2) is 5.11 Å². The first-order valence-electron chi connectivity index (χ1n) is 7.40. The number of halogens is 1. The highest BCUT2D eigenvalue weighted by Crippen LogP contribution is 2.23. The Labute approximate surface area is 142 Å². The van der Waals surface area contributed by atoms with Gasteiger partial charge in [-0.25, -0.2) is 0 Å². The number of anilines is 1. The minimum absolute atomic E-state index is 0.183. The molecule has 0 saturated carbocycles. The molecule has 0 aliphatic carbocycles. The molecule has 4 heteroatoms. The highest BCUT2D eigenvalue weighted by molar-refractivity contribution is 7.80. The van der Waals surface area contributed by atoms with Crippen LogP contribution in [0.15, 0.2) is 42.5 Å². The van der Waals surface area contributed by atoms with Gasteiger partial charge in [0.25, 0.3) is 0 Å². The summed E-state index contributed by atoms with van der Waals surface area (Å²) >= 11 is 11.6. The Morgan fingerprint density at radius 2 is 1.91 bits per heavy atom. The fourth-order valence-electron chi connectivity index (χ4n) is 2.50. The molecule has 0 aromatic heterocycles. The van der Waals surface area contributed by atoms with E-state index in [1.54, 1.807) is 0 Å². The molecule has 0 unspecified atom stereocenters. The van der Waals surface area contributed by atoms with Gasteiger partial charge in [-0.2, -0.15) is 0 Å². The summed E-state index contributed by atoms with van der Waals surface area (Å²) in [6.07, 6.45) is 0.953. The zero-order valence-electron chi connectivity index (χ0n) is 13.1.